The summed E-state index contributed by atoms with van der Waals surface area (Å²) >= 11 is 5.40. The van der Waals surface area contributed by atoms with Crippen molar-refractivity contribution in [3.8, 4) is 11.5 Å². The first kappa shape index (κ1) is 20.8. The highest BCUT2D eigenvalue weighted by molar-refractivity contribution is 7.80. The van der Waals surface area contributed by atoms with E-state index in [0.29, 0.717) is 35.2 Å². The van der Waals surface area contributed by atoms with E-state index in [0.717, 1.165) is 28.9 Å². The molecule has 0 atom stereocenters. The molecule has 2 aromatic heterocycles. The van der Waals surface area contributed by atoms with E-state index < -0.39 is 0 Å². The van der Waals surface area contributed by atoms with Crippen molar-refractivity contribution >= 4 is 34.5 Å². The molecule has 2 heterocycles. The van der Waals surface area contributed by atoms with Crippen molar-refractivity contribution in [2.75, 3.05) is 0 Å². The molecule has 1 amide bonds. The summed E-state index contributed by atoms with van der Waals surface area (Å²) in [6.07, 6.45) is 10.2. The molecule has 4 bridgehead atoms. The molecule has 0 unspecified atom stereocenters. The van der Waals surface area contributed by atoms with Crippen LogP contribution in [0.3, 0.4) is 0 Å². The molecule has 7 rings (SSSR count). The number of hydrogen-bond acceptors (Lipinski definition) is 5. The van der Waals surface area contributed by atoms with Gasteiger partial charge >= 0.3 is 0 Å². The Balaban J connectivity index is 1.02. The largest absolute Gasteiger partial charge is 0.434 e. The Hall–Kier alpha value is -2.80. The fraction of sp³-hybridized carbons (Fsp3) is 0.462. The third kappa shape index (κ3) is 4.26. The predicted octanol–water partition coefficient (Wildman–Crippen LogP) is 4.99. The maximum atomic E-state index is 12.8. The molecule has 33 heavy (non-hydrogen) atoms. The van der Waals surface area contributed by atoms with Crippen molar-refractivity contribution in [2.45, 2.75) is 51.5 Å². The van der Waals surface area contributed by atoms with Crippen molar-refractivity contribution in [3.63, 3.8) is 0 Å². The van der Waals surface area contributed by atoms with E-state index in [4.69, 9.17) is 16.6 Å². The summed E-state index contributed by atoms with van der Waals surface area (Å²) in [5.74, 6) is 3.17. The van der Waals surface area contributed by atoms with Crippen LogP contribution >= 0.6 is 12.2 Å². The number of amides is 1. The van der Waals surface area contributed by atoms with Gasteiger partial charge in [-0.15, -0.1) is 0 Å². The van der Waals surface area contributed by atoms with Crippen LogP contribution in [-0.4, -0.2) is 21.0 Å². The van der Waals surface area contributed by atoms with E-state index in [1.165, 1.54) is 38.5 Å². The van der Waals surface area contributed by atoms with Gasteiger partial charge in [-0.2, -0.15) is 4.98 Å². The second-order valence-electron chi connectivity index (χ2n) is 10.4. The molecule has 1 aromatic carbocycles. The van der Waals surface area contributed by atoms with Gasteiger partial charge in [0, 0.05) is 24.7 Å². The molecule has 2 N–H and O–H groups in total. The van der Waals surface area contributed by atoms with E-state index >= 15 is 0 Å². The van der Waals surface area contributed by atoms with Gasteiger partial charge in [-0.1, -0.05) is 12.1 Å². The highest BCUT2D eigenvalue weighted by atomic mass is 32.1. The van der Waals surface area contributed by atoms with Gasteiger partial charge in [-0.3, -0.25) is 4.79 Å². The van der Waals surface area contributed by atoms with E-state index in [2.05, 4.69) is 20.6 Å². The zero-order chi connectivity index (χ0) is 22.4. The van der Waals surface area contributed by atoms with Crippen molar-refractivity contribution < 1.29 is 9.21 Å². The Labute approximate surface area is 198 Å². The van der Waals surface area contributed by atoms with Crippen molar-refractivity contribution in [3.05, 3.63) is 48.2 Å². The zero-order valence-electron chi connectivity index (χ0n) is 18.5. The molecule has 3 aromatic rings. The fourth-order valence-electron chi connectivity index (χ4n) is 6.90. The number of hydrogen-bond donors (Lipinski definition) is 2. The first-order chi connectivity index (χ1) is 16.0. The van der Waals surface area contributed by atoms with Crippen molar-refractivity contribution in [1.82, 2.24) is 20.6 Å². The van der Waals surface area contributed by atoms with E-state index in [1.54, 1.807) is 6.20 Å². The lowest BCUT2D eigenvalue weighted by atomic mass is 9.49. The van der Waals surface area contributed by atoms with Gasteiger partial charge in [0.1, 0.15) is 0 Å². The second-order valence-corrected chi connectivity index (χ2v) is 10.8. The number of rotatable bonds is 5. The van der Waals surface area contributed by atoms with Crippen LogP contribution in [0.5, 0.6) is 0 Å². The molecule has 4 fully saturated rings. The van der Waals surface area contributed by atoms with Gasteiger partial charge in [-0.05, 0) is 104 Å². The summed E-state index contributed by atoms with van der Waals surface area (Å²) < 4.78 is 5.78. The second kappa shape index (κ2) is 8.20. The third-order valence-electron chi connectivity index (χ3n) is 7.77. The van der Waals surface area contributed by atoms with Gasteiger partial charge in [-0.25, -0.2) is 4.98 Å². The third-order valence-corrected chi connectivity index (χ3v) is 8.02. The maximum Gasteiger partial charge on any atom is 0.228 e. The first-order valence-electron chi connectivity index (χ1n) is 11.9. The quantitative estimate of drug-likeness (QED) is 0.523. The summed E-state index contributed by atoms with van der Waals surface area (Å²) in [6, 6.07) is 11.6. The average Bonchev–Trinajstić information content (AvgIpc) is 3.21. The Morgan fingerprint density at radius 3 is 2.42 bits per heavy atom. The van der Waals surface area contributed by atoms with Gasteiger partial charge in [0.05, 0.1) is 0 Å². The normalized spacial score (nSPS) is 27.6. The molecule has 0 aliphatic heterocycles. The van der Waals surface area contributed by atoms with Crippen LogP contribution in [-0.2, 0) is 11.3 Å². The standard InChI is InChI=1S/C26H28N4O2S/c31-22(14-26-11-17-8-18(12-26)10-19(9-17)13-26)29-25(33)28-15-16-3-5-20(6-4-16)24-30-23-21(32-24)2-1-7-27-23/h1-7,17-19H,8-15H2,(H2,28,29,31,33). The number of oxazole rings is 1. The minimum atomic E-state index is 0.0642. The number of pyridine rings is 1. The fourth-order valence-corrected chi connectivity index (χ4v) is 7.09. The lowest BCUT2D eigenvalue weighted by Crippen LogP contribution is -2.49. The van der Waals surface area contributed by atoms with Crippen molar-refractivity contribution in [2.24, 2.45) is 23.2 Å². The van der Waals surface area contributed by atoms with Gasteiger partial charge < -0.3 is 15.1 Å². The average molecular weight is 461 g/mol. The highest BCUT2D eigenvalue weighted by Crippen LogP contribution is 2.61. The number of carbonyl (C=O) groups is 1. The molecule has 170 valence electrons. The molecule has 6 nitrogen and oxygen atoms in total. The van der Waals surface area contributed by atoms with Gasteiger partial charge in [0.25, 0.3) is 0 Å². The van der Waals surface area contributed by atoms with Crippen LogP contribution in [0.25, 0.3) is 22.7 Å². The summed E-state index contributed by atoms with van der Waals surface area (Å²) in [5, 5.41) is 6.50. The van der Waals surface area contributed by atoms with E-state index in [9.17, 15) is 4.79 Å². The van der Waals surface area contributed by atoms with Crippen LogP contribution in [0.1, 0.15) is 50.5 Å². The Morgan fingerprint density at radius 1 is 1.06 bits per heavy atom. The zero-order valence-corrected chi connectivity index (χ0v) is 19.4. The lowest BCUT2D eigenvalue weighted by molar-refractivity contribution is -0.128. The number of aromatic nitrogens is 2. The SMILES string of the molecule is O=C(CC12CC3CC(CC(C3)C1)C2)NC(=S)NCc1ccc(-c2nc3ncccc3o2)cc1. The van der Waals surface area contributed by atoms with E-state index in [-0.39, 0.29) is 11.3 Å². The minimum Gasteiger partial charge on any atom is -0.434 e. The summed E-state index contributed by atoms with van der Waals surface area (Å²) in [5.41, 5.74) is 3.46. The number of benzene rings is 1. The molecule has 4 aliphatic rings. The number of nitrogens with zero attached hydrogens (tertiary/aromatic N) is 2. The summed E-state index contributed by atoms with van der Waals surface area (Å²) in [4.78, 5) is 21.4. The van der Waals surface area contributed by atoms with Crippen LogP contribution in [0.4, 0.5) is 0 Å². The topological polar surface area (TPSA) is 80.0 Å². The van der Waals surface area contributed by atoms with Crippen LogP contribution in [0.15, 0.2) is 47.0 Å². The lowest BCUT2D eigenvalue weighted by Gasteiger charge is -2.56. The van der Waals surface area contributed by atoms with E-state index in [1.807, 2.05) is 36.4 Å². The molecule has 4 saturated carbocycles. The molecule has 7 heteroatoms. The molecule has 4 aliphatic carbocycles. The van der Waals surface area contributed by atoms with Crippen molar-refractivity contribution in [1.29, 1.82) is 0 Å². The number of carbonyl (C=O) groups excluding carboxylic acids is 1. The molecular formula is C26H28N4O2S. The smallest absolute Gasteiger partial charge is 0.228 e. The number of thiocarbonyl (C=S) groups is 1. The van der Waals surface area contributed by atoms with Gasteiger partial charge in [0.15, 0.2) is 16.3 Å². The highest BCUT2D eigenvalue weighted by Gasteiger charge is 2.51. The monoisotopic (exact) mass is 460 g/mol. The van der Waals surface area contributed by atoms with Crippen LogP contribution in [0.2, 0.25) is 0 Å². The molecular weight excluding hydrogens is 432 g/mol. The Bertz CT molecular complexity index is 1130. The minimum absolute atomic E-state index is 0.0642. The summed E-state index contributed by atoms with van der Waals surface area (Å²) in [6.45, 7) is 0.547. The molecule has 0 spiro atoms. The predicted molar refractivity (Wildman–Crippen MR) is 130 cm³/mol. The molecule has 0 radical (unpaired) electrons. The maximum absolute atomic E-state index is 12.8. The first-order valence-corrected chi connectivity index (χ1v) is 12.3. The van der Waals surface area contributed by atoms with Crippen LogP contribution in [0, 0.1) is 23.2 Å². The molecule has 0 saturated heterocycles. The number of fused-ring (bicyclic) bond motifs is 1. The Morgan fingerprint density at radius 2 is 1.76 bits per heavy atom. The van der Waals surface area contributed by atoms with Crippen LogP contribution < -0.4 is 10.6 Å². The number of nitrogens with one attached hydrogen (secondary N) is 2. The Kier molecular flexibility index (Phi) is 5.17. The summed E-state index contributed by atoms with van der Waals surface area (Å²) in [7, 11) is 0. The van der Waals surface area contributed by atoms with Gasteiger partial charge in [0.2, 0.25) is 11.8 Å².